The molecule has 0 saturated heterocycles. The number of carbonyl (C=O) groups is 1. The first-order valence-corrected chi connectivity index (χ1v) is 10.7. The summed E-state index contributed by atoms with van der Waals surface area (Å²) in [6.45, 7) is 3.40. The highest BCUT2D eigenvalue weighted by Crippen LogP contribution is 2.31. The number of nitrogens with one attached hydrogen (secondary N) is 1. The minimum absolute atomic E-state index is 0.0587. The largest absolute Gasteiger partial charge is 0.507 e. The van der Waals surface area contributed by atoms with E-state index in [-0.39, 0.29) is 23.7 Å². The van der Waals surface area contributed by atoms with E-state index in [0.717, 1.165) is 22.3 Å². The Morgan fingerprint density at radius 1 is 1.09 bits per heavy atom. The summed E-state index contributed by atoms with van der Waals surface area (Å²) in [6, 6.07) is 18.1. The molecular weight excluding hydrogens is 438 g/mol. The van der Waals surface area contributed by atoms with Crippen LogP contribution < -0.4 is 4.74 Å². The summed E-state index contributed by atoms with van der Waals surface area (Å²) in [6.07, 6.45) is -0.809. The fourth-order valence-electron chi connectivity index (χ4n) is 3.51. The molecule has 0 aliphatic rings. The maximum atomic E-state index is 11.6. The van der Waals surface area contributed by atoms with Gasteiger partial charge in [-0.05, 0) is 48.7 Å². The highest BCUT2D eigenvalue weighted by Gasteiger charge is 2.15. The van der Waals surface area contributed by atoms with Gasteiger partial charge in [-0.2, -0.15) is 0 Å². The smallest absolute Gasteiger partial charge is 0.185 e. The van der Waals surface area contributed by atoms with Crippen molar-refractivity contribution in [3.63, 3.8) is 0 Å². The van der Waals surface area contributed by atoms with E-state index in [4.69, 9.17) is 4.74 Å². The molecule has 0 fully saturated rings. The van der Waals surface area contributed by atoms with Crippen LogP contribution in [0, 0.1) is 6.92 Å². The average molecular weight is 462 g/mol. The summed E-state index contributed by atoms with van der Waals surface area (Å²) in [5.41, 5.74) is 3.97. The third kappa shape index (κ3) is 4.92. The normalized spacial score (nSPS) is 11.9. The van der Waals surface area contributed by atoms with Crippen LogP contribution in [-0.4, -0.2) is 31.2 Å². The second-order valence-corrected chi connectivity index (χ2v) is 8.12. The number of Topliss-reactive ketones (excluding diaryl/α,β-unsaturated/α-hetero) is 1. The maximum Gasteiger partial charge on any atom is 0.185 e. The number of hydrogen-bond acceptors (Lipinski definition) is 7. The Hall–Kier alpha value is -3.62. The molecule has 0 aliphatic heterocycles. The molecule has 3 N–H and O–H groups in total. The second kappa shape index (κ2) is 9.48. The topological polar surface area (TPSA) is 108 Å². The minimum Gasteiger partial charge on any atom is -0.507 e. The van der Waals surface area contributed by atoms with Crippen molar-refractivity contribution in [2.75, 3.05) is 0 Å². The predicted molar refractivity (Wildman–Crippen MR) is 127 cm³/mol. The molecule has 4 rings (SSSR count). The van der Waals surface area contributed by atoms with E-state index in [1.807, 2.05) is 48.5 Å². The summed E-state index contributed by atoms with van der Waals surface area (Å²) < 4.78 is 5.83. The number of benzene rings is 3. The molecule has 0 saturated carbocycles. The molecule has 1 atom stereocenters. The zero-order valence-electron chi connectivity index (χ0n) is 18.1. The van der Waals surface area contributed by atoms with Crippen LogP contribution in [-0.2, 0) is 6.61 Å². The highest BCUT2D eigenvalue weighted by molar-refractivity contribution is 7.80. The van der Waals surface area contributed by atoms with Crippen LogP contribution in [0.5, 0.6) is 11.5 Å². The van der Waals surface area contributed by atoms with Crippen LogP contribution >= 0.6 is 12.6 Å². The van der Waals surface area contributed by atoms with Crippen LogP contribution in [0.3, 0.4) is 0 Å². The van der Waals surface area contributed by atoms with Gasteiger partial charge in [-0.25, -0.2) is 0 Å². The van der Waals surface area contributed by atoms with Gasteiger partial charge < -0.3 is 19.9 Å². The molecule has 33 heavy (non-hydrogen) atoms. The number of phenols is 1. The number of hydrogen-bond donors (Lipinski definition) is 4. The lowest BCUT2D eigenvalue weighted by atomic mass is 9.98. The van der Waals surface area contributed by atoms with Crippen molar-refractivity contribution in [1.29, 1.82) is 0 Å². The molecule has 7 nitrogen and oxygen atoms in total. The lowest BCUT2D eigenvalue weighted by Crippen LogP contribution is -2.02. The van der Waals surface area contributed by atoms with E-state index < -0.39 is 6.10 Å². The van der Waals surface area contributed by atoms with E-state index in [1.54, 1.807) is 19.1 Å². The number of aliphatic hydroxyl groups is 1. The number of aromatic amines is 1. The summed E-state index contributed by atoms with van der Waals surface area (Å²) in [4.78, 5) is 14.5. The number of carbonyl (C=O) groups excluding carboxylic acids is 1. The van der Waals surface area contributed by atoms with Gasteiger partial charge in [-0.15, -0.1) is 22.8 Å². The first-order valence-electron chi connectivity index (χ1n) is 10.3. The summed E-state index contributed by atoms with van der Waals surface area (Å²) in [5.74, 6) is 0.833. The number of phenolic OH excluding ortho intramolecular Hbond substituents is 1. The standard InChI is InChI=1S/C25H23N3O4S/c1-14-21(11-10-20(15(2)29)22(14)30)32-13-16-6-8-17(9-7-16)23(31)18-4-3-5-19(12-18)24-26-25(33)28-27-24/h3-12,23,30-31H,13H2,1-2H3,(H2,26,27,28,33). The number of H-pyrrole nitrogens is 1. The van der Waals surface area contributed by atoms with Gasteiger partial charge in [0.05, 0.1) is 5.56 Å². The van der Waals surface area contributed by atoms with E-state index in [9.17, 15) is 15.0 Å². The van der Waals surface area contributed by atoms with Gasteiger partial charge in [0.1, 0.15) is 24.2 Å². The molecular formula is C25H23N3O4S. The molecule has 0 bridgehead atoms. The Balaban J connectivity index is 1.46. The molecule has 4 aromatic rings. The van der Waals surface area contributed by atoms with Crippen LogP contribution in [0.15, 0.2) is 65.8 Å². The molecule has 8 heteroatoms. The molecule has 0 aliphatic carbocycles. The predicted octanol–water partition coefficient (Wildman–Crippen LogP) is 4.64. The molecule has 1 unspecified atom stereocenters. The number of ketones is 1. The first kappa shape index (κ1) is 22.6. The zero-order valence-corrected chi connectivity index (χ0v) is 19.0. The number of aromatic nitrogens is 3. The number of ether oxygens (including phenoxy) is 1. The van der Waals surface area contributed by atoms with Crippen LogP contribution in [0.2, 0.25) is 0 Å². The number of aliphatic hydroxyl groups excluding tert-OH is 1. The van der Waals surface area contributed by atoms with E-state index in [2.05, 4.69) is 27.8 Å². The summed E-state index contributed by atoms with van der Waals surface area (Å²) >= 11 is 4.14. The maximum absolute atomic E-state index is 11.6. The summed E-state index contributed by atoms with van der Waals surface area (Å²) in [7, 11) is 0. The molecule has 1 aromatic heterocycles. The molecule has 168 valence electrons. The van der Waals surface area contributed by atoms with Crippen LogP contribution in [0.4, 0.5) is 0 Å². The second-order valence-electron chi connectivity index (χ2n) is 7.70. The third-order valence-corrected chi connectivity index (χ3v) is 5.60. The molecule has 0 spiro atoms. The fourth-order valence-corrected chi connectivity index (χ4v) is 3.66. The monoisotopic (exact) mass is 461 g/mol. The summed E-state index contributed by atoms with van der Waals surface area (Å²) in [5, 5.41) is 29.4. The van der Waals surface area contributed by atoms with Crippen molar-refractivity contribution in [3.05, 3.63) is 88.5 Å². The lowest BCUT2D eigenvalue weighted by molar-refractivity contribution is 0.101. The number of nitrogens with zero attached hydrogens (tertiary/aromatic N) is 2. The SMILES string of the molecule is CC(=O)c1ccc(OCc2ccc(C(O)c3cccc(-c4nnc(S)[nH]4)c3)cc2)c(C)c1O. The van der Waals surface area contributed by atoms with Crippen molar-refractivity contribution >= 4 is 18.4 Å². The Labute approximate surface area is 196 Å². The average Bonchev–Trinajstić information content (AvgIpc) is 3.26. The molecule has 3 aromatic carbocycles. The number of rotatable bonds is 7. The molecule has 0 amide bonds. The lowest BCUT2D eigenvalue weighted by Gasteiger charge is -2.14. The van der Waals surface area contributed by atoms with Gasteiger partial charge in [-0.1, -0.05) is 42.5 Å². The van der Waals surface area contributed by atoms with Gasteiger partial charge >= 0.3 is 0 Å². The van der Waals surface area contributed by atoms with Gasteiger partial charge in [0.15, 0.2) is 16.8 Å². The van der Waals surface area contributed by atoms with E-state index in [1.165, 1.54) is 6.92 Å². The van der Waals surface area contributed by atoms with Gasteiger partial charge in [0, 0.05) is 11.1 Å². The van der Waals surface area contributed by atoms with Gasteiger partial charge in [0.25, 0.3) is 0 Å². The number of thiol groups is 1. The minimum atomic E-state index is -0.809. The Kier molecular flexibility index (Phi) is 6.48. The highest BCUT2D eigenvalue weighted by atomic mass is 32.1. The Morgan fingerprint density at radius 2 is 1.85 bits per heavy atom. The molecule has 0 radical (unpaired) electrons. The fraction of sp³-hybridized carbons (Fsp3) is 0.160. The van der Waals surface area contributed by atoms with Crippen LogP contribution in [0.25, 0.3) is 11.4 Å². The van der Waals surface area contributed by atoms with E-state index in [0.29, 0.717) is 22.3 Å². The van der Waals surface area contributed by atoms with Crippen molar-refractivity contribution < 1.29 is 19.7 Å². The van der Waals surface area contributed by atoms with Crippen LogP contribution in [0.1, 0.15) is 45.6 Å². The Morgan fingerprint density at radius 3 is 2.52 bits per heavy atom. The Bertz CT molecular complexity index is 1300. The van der Waals surface area contributed by atoms with Gasteiger partial charge in [-0.3, -0.25) is 4.79 Å². The third-order valence-electron chi connectivity index (χ3n) is 5.40. The first-order chi connectivity index (χ1) is 15.8. The zero-order chi connectivity index (χ0) is 23.5. The molecule has 1 heterocycles. The van der Waals surface area contributed by atoms with Crippen molar-refractivity contribution in [2.45, 2.75) is 31.7 Å². The van der Waals surface area contributed by atoms with E-state index >= 15 is 0 Å². The quantitative estimate of drug-likeness (QED) is 0.236. The van der Waals surface area contributed by atoms with Crippen molar-refractivity contribution in [1.82, 2.24) is 15.2 Å². The van der Waals surface area contributed by atoms with Gasteiger partial charge in [0.2, 0.25) is 0 Å². The van der Waals surface area contributed by atoms with Crippen molar-refractivity contribution in [2.24, 2.45) is 0 Å². The van der Waals surface area contributed by atoms with Crippen molar-refractivity contribution in [3.8, 4) is 22.9 Å². The number of aromatic hydroxyl groups is 1.